The number of rotatable bonds is 10. The van der Waals surface area contributed by atoms with Crippen molar-refractivity contribution in [2.45, 2.75) is 58.3 Å². The molecule has 0 bridgehead atoms. The molecule has 0 saturated carbocycles. The normalized spacial score (nSPS) is 24.9. The van der Waals surface area contributed by atoms with E-state index in [-0.39, 0.29) is 29.1 Å². The van der Waals surface area contributed by atoms with Gasteiger partial charge in [0.2, 0.25) is 0 Å². The molecule has 7 heteroatoms. The fraction of sp³-hybridized carbons (Fsp3) is 0.448. The number of phosphoric ester groups is 1. The summed E-state index contributed by atoms with van der Waals surface area (Å²) in [6.07, 6.45) is 6.01. The summed E-state index contributed by atoms with van der Waals surface area (Å²) in [6.45, 7) is 15.2. The zero-order valence-electron chi connectivity index (χ0n) is 22.4. The maximum atomic E-state index is 12.9. The molecule has 5 atom stereocenters. The predicted octanol–water partition coefficient (Wildman–Crippen LogP) is 6.51. The first kappa shape index (κ1) is 28.8. The Morgan fingerprint density at radius 2 is 1.50 bits per heavy atom. The molecule has 2 aromatic carbocycles. The summed E-state index contributed by atoms with van der Waals surface area (Å²) in [5, 5.41) is 2.42. The van der Waals surface area contributed by atoms with Gasteiger partial charge in [-0.15, -0.1) is 6.58 Å². The van der Waals surface area contributed by atoms with E-state index in [1.807, 2.05) is 25.1 Å². The van der Waals surface area contributed by atoms with Crippen molar-refractivity contribution in [3.8, 4) is 0 Å². The Hall–Kier alpha value is -1.79. The zero-order chi connectivity index (χ0) is 26.4. The molecule has 1 fully saturated rings. The van der Waals surface area contributed by atoms with Gasteiger partial charge in [0, 0.05) is 25.4 Å². The first-order valence-electron chi connectivity index (χ1n) is 12.6. The third-order valence-electron chi connectivity index (χ3n) is 7.01. The van der Waals surface area contributed by atoms with Crippen LogP contribution in [0.1, 0.15) is 41.0 Å². The summed E-state index contributed by atoms with van der Waals surface area (Å²) in [5.41, 5.74) is 0. The number of hydrogen-bond donors (Lipinski definition) is 0. The van der Waals surface area contributed by atoms with Crippen molar-refractivity contribution in [3.05, 3.63) is 85.5 Å². The van der Waals surface area contributed by atoms with E-state index in [0.717, 1.165) is 0 Å². The molecule has 1 unspecified atom stereocenters. The lowest BCUT2D eigenvalue weighted by molar-refractivity contribution is -0.0289. The third-order valence-corrected chi connectivity index (χ3v) is 13.5. The fourth-order valence-electron chi connectivity index (χ4n) is 4.86. The molecular formula is C29H41O5PSi. The van der Waals surface area contributed by atoms with E-state index in [1.54, 1.807) is 0 Å². The Morgan fingerprint density at radius 1 is 1.00 bits per heavy atom. The summed E-state index contributed by atoms with van der Waals surface area (Å²) in [7, 11) is -4.84. The van der Waals surface area contributed by atoms with Gasteiger partial charge in [-0.05, 0) is 15.4 Å². The molecule has 3 rings (SSSR count). The minimum atomic E-state index is -3.60. The van der Waals surface area contributed by atoms with Crippen LogP contribution in [0.15, 0.2) is 85.5 Å². The van der Waals surface area contributed by atoms with Crippen LogP contribution >= 0.6 is 7.82 Å². The lowest BCUT2D eigenvalue weighted by atomic mass is 9.93. The molecular weight excluding hydrogens is 487 g/mol. The molecule has 0 aromatic heterocycles. The van der Waals surface area contributed by atoms with E-state index in [9.17, 15) is 4.57 Å². The molecule has 2 aromatic rings. The number of hydrogen-bond acceptors (Lipinski definition) is 5. The minimum absolute atomic E-state index is 0.000329. The van der Waals surface area contributed by atoms with Gasteiger partial charge in [-0.1, -0.05) is 114 Å². The Kier molecular flexibility index (Phi) is 9.72. The van der Waals surface area contributed by atoms with Crippen LogP contribution in [-0.2, 0) is 22.6 Å². The van der Waals surface area contributed by atoms with Crippen LogP contribution in [0.5, 0.6) is 0 Å². The maximum absolute atomic E-state index is 12.9. The van der Waals surface area contributed by atoms with Crippen LogP contribution < -0.4 is 10.4 Å². The highest BCUT2D eigenvalue weighted by molar-refractivity contribution is 7.48. The van der Waals surface area contributed by atoms with Crippen molar-refractivity contribution in [1.29, 1.82) is 0 Å². The second-order valence-corrected chi connectivity index (χ2v) is 16.5. The summed E-state index contributed by atoms with van der Waals surface area (Å²) in [4.78, 5) is 0. The van der Waals surface area contributed by atoms with Crippen molar-refractivity contribution in [2.75, 3.05) is 13.7 Å². The van der Waals surface area contributed by atoms with Crippen molar-refractivity contribution < 1.29 is 22.6 Å². The minimum Gasteiger partial charge on any atom is -0.404 e. The van der Waals surface area contributed by atoms with Crippen LogP contribution in [0.2, 0.25) is 5.04 Å². The second-order valence-electron chi connectivity index (χ2n) is 10.5. The number of benzene rings is 2. The molecule has 0 amide bonds. The maximum Gasteiger partial charge on any atom is 0.475 e. The van der Waals surface area contributed by atoms with Crippen LogP contribution in [0.25, 0.3) is 0 Å². The highest BCUT2D eigenvalue weighted by Crippen LogP contribution is 2.56. The molecule has 0 radical (unpaired) electrons. The molecule has 1 aliphatic rings. The van der Waals surface area contributed by atoms with E-state index in [4.69, 9.17) is 18.0 Å². The second kappa shape index (κ2) is 12.2. The third kappa shape index (κ3) is 6.36. The van der Waals surface area contributed by atoms with Crippen LogP contribution in [0.4, 0.5) is 0 Å². The zero-order valence-corrected chi connectivity index (χ0v) is 24.3. The molecule has 1 saturated heterocycles. The van der Waals surface area contributed by atoms with Gasteiger partial charge in [0.05, 0.1) is 18.8 Å². The summed E-state index contributed by atoms with van der Waals surface area (Å²) in [6, 6.07) is 21.2. The first-order valence-corrected chi connectivity index (χ1v) is 16.0. The van der Waals surface area contributed by atoms with Crippen LogP contribution in [0.3, 0.4) is 0 Å². The van der Waals surface area contributed by atoms with Gasteiger partial charge in [0.25, 0.3) is 8.32 Å². The van der Waals surface area contributed by atoms with E-state index in [0.29, 0.717) is 13.0 Å². The predicted molar refractivity (Wildman–Crippen MR) is 150 cm³/mol. The molecule has 5 nitrogen and oxygen atoms in total. The smallest absolute Gasteiger partial charge is 0.404 e. The molecule has 1 aliphatic heterocycles. The van der Waals surface area contributed by atoms with E-state index in [1.165, 1.54) is 17.5 Å². The van der Waals surface area contributed by atoms with Crippen molar-refractivity contribution in [1.82, 2.24) is 0 Å². The van der Waals surface area contributed by atoms with Gasteiger partial charge in [-0.25, -0.2) is 4.57 Å². The Bertz CT molecular complexity index is 1010. The molecule has 0 spiro atoms. The van der Waals surface area contributed by atoms with E-state index in [2.05, 4.69) is 95.0 Å². The van der Waals surface area contributed by atoms with Gasteiger partial charge in [0.15, 0.2) is 0 Å². The molecule has 196 valence electrons. The Labute approximate surface area is 218 Å². The highest BCUT2D eigenvalue weighted by Gasteiger charge is 2.50. The summed E-state index contributed by atoms with van der Waals surface area (Å²) < 4.78 is 36.4. The quantitative estimate of drug-likeness (QED) is 0.200. The number of phosphoric acid groups is 1. The van der Waals surface area contributed by atoms with Crippen molar-refractivity contribution >= 4 is 26.5 Å². The topological polar surface area (TPSA) is 54.0 Å². The highest BCUT2D eigenvalue weighted by atomic mass is 31.2. The Balaban J connectivity index is 1.82. The van der Waals surface area contributed by atoms with Crippen molar-refractivity contribution in [3.63, 3.8) is 0 Å². The average molecular weight is 529 g/mol. The van der Waals surface area contributed by atoms with E-state index >= 15 is 0 Å². The SMILES string of the molecule is C=C[C@H](C)[C@H]1C[C@H]([C@H](C)/C=C/CO[Si](c2ccccc2)(c2ccccc2)C(C)(C)C)OP(=O)(OC)O1. The van der Waals surface area contributed by atoms with Gasteiger partial charge in [-0.2, -0.15) is 0 Å². The molecule has 0 aliphatic carbocycles. The molecule has 1 heterocycles. The average Bonchev–Trinajstić information content (AvgIpc) is 2.88. The first-order chi connectivity index (χ1) is 17.1. The standard InChI is InChI=1S/C29H41O5PSi/c1-8-23(2)27-22-28(34-35(30,31-7)33-27)24(3)16-15-21-32-36(29(4,5)6,25-17-11-9-12-18-25)26-19-13-10-14-20-26/h8-20,23-24,27-28H,1,21-22H2,2-7H3/b16-15+/t23-,24+,27+,28+,35?/m0/s1. The Morgan fingerprint density at radius 3 is 1.94 bits per heavy atom. The molecule has 0 N–H and O–H groups in total. The largest absolute Gasteiger partial charge is 0.475 e. The van der Waals surface area contributed by atoms with Crippen LogP contribution in [0, 0.1) is 11.8 Å². The van der Waals surface area contributed by atoms with Crippen molar-refractivity contribution in [2.24, 2.45) is 11.8 Å². The lowest BCUT2D eigenvalue weighted by Crippen LogP contribution is -2.66. The molecule has 36 heavy (non-hydrogen) atoms. The van der Waals surface area contributed by atoms with E-state index < -0.39 is 16.1 Å². The monoisotopic (exact) mass is 528 g/mol. The fourth-order valence-corrected chi connectivity index (χ4v) is 10.8. The lowest BCUT2D eigenvalue weighted by Gasteiger charge is -2.42. The van der Waals surface area contributed by atoms with Gasteiger partial charge in [-0.3, -0.25) is 13.6 Å². The summed E-state index contributed by atoms with van der Waals surface area (Å²) in [5.74, 6) is 0.0363. The van der Waals surface area contributed by atoms with Crippen LogP contribution in [-0.4, -0.2) is 34.2 Å². The van der Waals surface area contributed by atoms with Gasteiger partial charge in [0.1, 0.15) is 0 Å². The summed E-state index contributed by atoms with van der Waals surface area (Å²) >= 11 is 0. The van der Waals surface area contributed by atoms with Gasteiger partial charge >= 0.3 is 7.82 Å². The van der Waals surface area contributed by atoms with Gasteiger partial charge < -0.3 is 4.43 Å².